The van der Waals surface area contributed by atoms with Crippen molar-refractivity contribution in [3.05, 3.63) is 51.4 Å². The van der Waals surface area contributed by atoms with Gasteiger partial charge in [-0.25, -0.2) is 0 Å². The lowest BCUT2D eigenvalue weighted by Crippen LogP contribution is -1.96. The van der Waals surface area contributed by atoms with Crippen LogP contribution in [-0.4, -0.2) is 14.9 Å². The summed E-state index contributed by atoms with van der Waals surface area (Å²) in [5.74, 6) is 0.221. The first-order valence-corrected chi connectivity index (χ1v) is 5.90. The highest BCUT2D eigenvalue weighted by Crippen LogP contribution is 2.31. The first kappa shape index (κ1) is 13.2. The minimum Gasteiger partial charge on any atom is -0.430 e. The number of rotatable bonds is 4. The predicted molar refractivity (Wildman–Crippen MR) is 69.6 cm³/mol. The van der Waals surface area contributed by atoms with Crippen LogP contribution in [0.1, 0.15) is 12.5 Å². The molecule has 0 spiro atoms. The fraction of sp³-hybridized carbons (Fsp3) is 0.167. The molecule has 0 atom stereocenters. The van der Waals surface area contributed by atoms with E-state index >= 15 is 0 Å². The fourth-order valence-electron chi connectivity index (χ4n) is 1.50. The first-order chi connectivity index (χ1) is 9.10. The molecule has 98 valence electrons. The molecule has 0 aliphatic heterocycles. The second-order valence-corrected chi connectivity index (χ2v) is 4.08. The van der Waals surface area contributed by atoms with Gasteiger partial charge in [-0.3, -0.25) is 15.1 Å². The molecule has 0 aliphatic rings. The second kappa shape index (κ2) is 5.62. The van der Waals surface area contributed by atoms with Crippen LogP contribution in [0.15, 0.2) is 30.6 Å². The second-order valence-electron chi connectivity index (χ2n) is 3.69. The van der Waals surface area contributed by atoms with Crippen molar-refractivity contribution in [3.8, 4) is 11.6 Å². The van der Waals surface area contributed by atoms with Crippen molar-refractivity contribution >= 4 is 17.3 Å². The molecule has 1 aromatic carbocycles. The number of ether oxygens (including phenoxy) is 1. The zero-order chi connectivity index (χ0) is 13.8. The van der Waals surface area contributed by atoms with Crippen LogP contribution in [0.2, 0.25) is 5.15 Å². The van der Waals surface area contributed by atoms with E-state index in [1.165, 1.54) is 18.5 Å². The fourth-order valence-corrected chi connectivity index (χ4v) is 1.64. The summed E-state index contributed by atoms with van der Waals surface area (Å²) in [6.07, 6.45) is 3.39. The Labute approximate surface area is 114 Å². The number of aryl methyl sites for hydroxylation is 1. The maximum Gasteiger partial charge on any atom is 0.311 e. The number of nitro benzene ring substituents is 1. The Bertz CT molecular complexity index is 619. The molecule has 0 radical (unpaired) electrons. The predicted octanol–water partition coefficient (Wildman–Crippen LogP) is 3.39. The molecule has 0 saturated carbocycles. The van der Waals surface area contributed by atoms with E-state index in [0.29, 0.717) is 6.42 Å². The Hall–Kier alpha value is -2.21. The maximum atomic E-state index is 11.0. The van der Waals surface area contributed by atoms with Crippen molar-refractivity contribution in [2.24, 2.45) is 0 Å². The highest BCUT2D eigenvalue weighted by Gasteiger charge is 2.17. The van der Waals surface area contributed by atoms with E-state index in [1.54, 1.807) is 12.1 Å². The Balaban J connectivity index is 2.36. The van der Waals surface area contributed by atoms with Gasteiger partial charge in [0.1, 0.15) is 0 Å². The molecule has 1 heterocycles. The Morgan fingerprint density at radius 2 is 2.21 bits per heavy atom. The van der Waals surface area contributed by atoms with Crippen LogP contribution in [-0.2, 0) is 6.42 Å². The van der Waals surface area contributed by atoms with Gasteiger partial charge < -0.3 is 4.74 Å². The third kappa shape index (κ3) is 3.17. The molecule has 19 heavy (non-hydrogen) atoms. The van der Waals surface area contributed by atoms with E-state index in [2.05, 4.69) is 9.97 Å². The highest BCUT2D eigenvalue weighted by molar-refractivity contribution is 6.29. The molecule has 1 aromatic heterocycles. The maximum absolute atomic E-state index is 11.0. The third-order valence-corrected chi connectivity index (χ3v) is 2.61. The standard InChI is InChI=1S/C12H10ClN3O3/c1-2-8-3-4-10(9(5-8)16(17)18)19-12-7-14-6-11(13)15-12/h3-7H,2H2,1H3. The summed E-state index contributed by atoms with van der Waals surface area (Å²) >= 11 is 5.67. The van der Waals surface area contributed by atoms with E-state index in [-0.39, 0.29) is 22.5 Å². The monoisotopic (exact) mass is 279 g/mol. The Morgan fingerprint density at radius 1 is 1.42 bits per heavy atom. The van der Waals surface area contributed by atoms with E-state index in [1.807, 2.05) is 6.92 Å². The summed E-state index contributed by atoms with van der Waals surface area (Å²) in [5, 5.41) is 11.2. The van der Waals surface area contributed by atoms with Gasteiger partial charge in [0.2, 0.25) is 11.6 Å². The van der Waals surface area contributed by atoms with Crippen molar-refractivity contribution in [2.45, 2.75) is 13.3 Å². The quantitative estimate of drug-likeness (QED) is 0.633. The summed E-state index contributed by atoms with van der Waals surface area (Å²) in [5.41, 5.74) is 0.748. The molecule has 0 bridgehead atoms. The molecule has 0 amide bonds. The van der Waals surface area contributed by atoms with E-state index < -0.39 is 4.92 Å². The number of aromatic nitrogens is 2. The largest absolute Gasteiger partial charge is 0.430 e. The molecule has 0 fully saturated rings. The normalized spacial score (nSPS) is 10.2. The zero-order valence-corrected chi connectivity index (χ0v) is 10.8. The lowest BCUT2D eigenvalue weighted by Gasteiger charge is -2.06. The third-order valence-electron chi connectivity index (χ3n) is 2.43. The summed E-state index contributed by atoms with van der Waals surface area (Å²) in [7, 11) is 0. The van der Waals surface area contributed by atoms with E-state index in [0.717, 1.165) is 5.56 Å². The average Bonchev–Trinajstić information content (AvgIpc) is 2.39. The number of hydrogen-bond donors (Lipinski definition) is 0. The molecule has 7 heteroatoms. The number of halogens is 1. The summed E-state index contributed by atoms with van der Waals surface area (Å²) in [4.78, 5) is 18.2. The van der Waals surface area contributed by atoms with Crippen molar-refractivity contribution in [1.82, 2.24) is 9.97 Å². The highest BCUT2D eigenvalue weighted by atomic mass is 35.5. The van der Waals surface area contributed by atoms with Gasteiger partial charge in [0.15, 0.2) is 5.15 Å². The van der Waals surface area contributed by atoms with Crippen LogP contribution in [0, 0.1) is 10.1 Å². The number of benzene rings is 1. The minimum atomic E-state index is -0.494. The van der Waals surface area contributed by atoms with Gasteiger partial charge in [0.05, 0.1) is 17.3 Å². The molecular formula is C12H10ClN3O3. The van der Waals surface area contributed by atoms with Gasteiger partial charge in [0, 0.05) is 6.07 Å². The van der Waals surface area contributed by atoms with E-state index in [9.17, 15) is 10.1 Å². The number of nitro groups is 1. The molecular weight excluding hydrogens is 270 g/mol. The molecule has 2 rings (SSSR count). The molecule has 0 unspecified atom stereocenters. The van der Waals surface area contributed by atoms with Crippen molar-refractivity contribution in [2.75, 3.05) is 0 Å². The van der Waals surface area contributed by atoms with Gasteiger partial charge in [-0.05, 0) is 18.1 Å². The lowest BCUT2D eigenvalue weighted by atomic mass is 10.1. The van der Waals surface area contributed by atoms with Crippen LogP contribution in [0.5, 0.6) is 11.6 Å². The van der Waals surface area contributed by atoms with Gasteiger partial charge in [-0.2, -0.15) is 4.98 Å². The van der Waals surface area contributed by atoms with Crippen LogP contribution in [0.3, 0.4) is 0 Å². The molecule has 0 saturated heterocycles. The summed E-state index contributed by atoms with van der Waals surface area (Å²) in [6, 6.07) is 4.78. The zero-order valence-electron chi connectivity index (χ0n) is 10.0. The number of nitrogens with zero attached hydrogens (tertiary/aromatic N) is 3. The van der Waals surface area contributed by atoms with Crippen LogP contribution in [0.25, 0.3) is 0 Å². The van der Waals surface area contributed by atoms with Gasteiger partial charge in [-0.15, -0.1) is 0 Å². The van der Waals surface area contributed by atoms with Gasteiger partial charge in [-0.1, -0.05) is 24.6 Å². The topological polar surface area (TPSA) is 78.2 Å². The van der Waals surface area contributed by atoms with Crippen molar-refractivity contribution in [3.63, 3.8) is 0 Å². The molecule has 6 nitrogen and oxygen atoms in total. The summed E-state index contributed by atoms with van der Waals surface area (Å²) < 4.78 is 5.35. The van der Waals surface area contributed by atoms with Gasteiger partial charge >= 0.3 is 5.69 Å². The SMILES string of the molecule is CCc1ccc(Oc2cncc(Cl)n2)c([N+](=O)[O-])c1. The van der Waals surface area contributed by atoms with Crippen molar-refractivity contribution < 1.29 is 9.66 Å². The number of hydrogen-bond acceptors (Lipinski definition) is 5. The first-order valence-electron chi connectivity index (χ1n) is 5.53. The van der Waals surface area contributed by atoms with Gasteiger partial charge in [0.25, 0.3) is 0 Å². The molecule has 2 aromatic rings. The Kier molecular flexibility index (Phi) is 3.91. The van der Waals surface area contributed by atoms with Crippen LogP contribution < -0.4 is 4.74 Å². The molecule has 0 N–H and O–H groups in total. The Morgan fingerprint density at radius 3 is 2.84 bits per heavy atom. The van der Waals surface area contributed by atoms with Crippen LogP contribution in [0.4, 0.5) is 5.69 Å². The summed E-state index contributed by atoms with van der Waals surface area (Å²) in [6.45, 7) is 1.92. The van der Waals surface area contributed by atoms with E-state index in [4.69, 9.17) is 16.3 Å². The van der Waals surface area contributed by atoms with Crippen LogP contribution >= 0.6 is 11.6 Å². The smallest absolute Gasteiger partial charge is 0.311 e. The lowest BCUT2D eigenvalue weighted by molar-refractivity contribution is -0.385. The molecule has 0 aliphatic carbocycles. The van der Waals surface area contributed by atoms with Crippen molar-refractivity contribution in [1.29, 1.82) is 0 Å². The minimum absolute atomic E-state index is 0.110. The average molecular weight is 280 g/mol.